The van der Waals surface area contributed by atoms with Gasteiger partial charge < -0.3 is 0 Å². The SMILES string of the molecule is CC(CCCl)CCSc1nccs1. The molecule has 74 valence electrons. The second kappa shape index (κ2) is 6.68. The Hall–Kier alpha value is 0.270. The Kier molecular flexibility index (Phi) is 5.83. The first-order valence-electron chi connectivity index (χ1n) is 4.41. The number of aromatic nitrogens is 1. The predicted molar refractivity (Wildman–Crippen MR) is 62.0 cm³/mol. The fraction of sp³-hybridized carbons (Fsp3) is 0.667. The molecule has 1 atom stereocenters. The van der Waals surface area contributed by atoms with E-state index in [1.807, 2.05) is 23.3 Å². The Labute approximate surface area is 92.9 Å². The summed E-state index contributed by atoms with van der Waals surface area (Å²) in [5, 5.41) is 2.02. The number of hydrogen-bond acceptors (Lipinski definition) is 3. The first kappa shape index (κ1) is 11.3. The number of halogens is 1. The average Bonchev–Trinajstić information content (AvgIpc) is 2.57. The zero-order valence-electron chi connectivity index (χ0n) is 7.70. The average molecular weight is 236 g/mol. The summed E-state index contributed by atoms with van der Waals surface area (Å²) in [6, 6.07) is 0. The number of thiazole rings is 1. The molecule has 0 bridgehead atoms. The number of alkyl halides is 1. The molecule has 0 fully saturated rings. The Morgan fingerprint density at radius 1 is 1.62 bits per heavy atom. The molecule has 0 spiro atoms. The molecule has 0 N–H and O–H groups in total. The van der Waals surface area contributed by atoms with Crippen LogP contribution >= 0.6 is 34.7 Å². The smallest absolute Gasteiger partial charge is 0.149 e. The fourth-order valence-electron chi connectivity index (χ4n) is 0.960. The first-order chi connectivity index (χ1) is 6.33. The van der Waals surface area contributed by atoms with Crippen LogP contribution in [0.1, 0.15) is 19.8 Å². The van der Waals surface area contributed by atoms with Crippen molar-refractivity contribution in [1.82, 2.24) is 4.98 Å². The maximum atomic E-state index is 5.66. The van der Waals surface area contributed by atoms with Crippen LogP contribution in [0.25, 0.3) is 0 Å². The molecular weight excluding hydrogens is 222 g/mol. The minimum absolute atomic E-state index is 0.741. The minimum Gasteiger partial charge on any atom is -0.238 e. The largest absolute Gasteiger partial charge is 0.238 e. The van der Waals surface area contributed by atoms with Gasteiger partial charge in [-0.3, -0.25) is 0 Å². The van der Waals surface area contributed by atoms with Crippen LogP contribution in [-0.4, -0.2) is 16.6 Å². The molecule has 0 aromatic carbocycles. The lowest BCUT2D eigenvalue weighted by Gasteiger charge is -2.06. The van der Waals surface area contributed by atoms with Gasteiger partial charge in [0.1, 0.15) is 4.34 Å². The van der Waals surface area contributed by atoms with Gasteiger partial charge in [0.2, 0.25) is 0 Å². The Bertz CT molecular complexity index is 213. The van der Waals surface area contributed by atoms with Crippen LogP contribution in [0.2, 0.25) is 0 Å². The van der Waals surface area contributed by atoms with Gasteiger partial charge in [0.15, 0.2) is 0 Å². The third kappa shape index (κ3) is 4.89. The summed E-state index contributed by atoms with van der Waals surface area (Å²) in [6.07, 6.45) is 4.21. The molecule has 0 saturated carbocycles. The van der Waals surface area contributed by atoms with Crippen molar-refractivity contribution in [3.63, 3.8) is 0 Å². The molecule has 1 nitrogen and oxygen atoms in total. The summed E-state index contributed by atoms with van der Waals surface area (Å²) in [5.74, 6) is 2.68. The zero-order chi connectivity index (χ0) is 9.52. The monoisotopic (exact) mass is 235 g/mol. The lowest BCUT2D eigenvalue weighted by Crippen LogP contribution is -1.96. The summed E-state index contributed by atoms with van der Waals surface area (Å²) < 4.78 is 1.18. The van der Waals surface area contributed by atoms with Gasteiger partial charge >= 0.3 is 0 Å². The topological polar surface area (TPSA) is 12.9 Å². The highest BCUT2D eigenvalue weighted by Gasteiger charge is 2.02. The molecule has 1 rings (SSSR count). The van der Waals surface area contributed by atoms with Gasteiger partial charge in [0.05, 0.1) is 0 Å². The Morgan fingerprint density at radius 3 is 3.08 bits per heavy atom. The number of hydrogen-bond donors (Lipinski definition) is 0. The van der Waals surface area contributed by atoms with E-state index in [2.05, 4.69) is 11.9 Å². The maximum Gasteiger partial charge on any atom is 0.149 e. The highest BCUT2D eigenvalue weighted by molar-refractivity contribution is 8.00. The van der Waals surface area contributed by atoms with Crippen molar-refractivity contribution in [3.8, 4) is 0 Å². The molecule has 0 aliphatic heterocycles. The molecular formula is C9H14ClNS2. The third-order valence-electron chi connectivity index (χ3n) is 1.85. The molecule has 0 radical (unpaired) electrons. The van der Waals surface area contributed by atoms with Gasteiger partial charge in [-0.2, -0.15) is 0 Å². The number of thioether (sulfide) groups is 1. The molecule has 1 unspecified atom stereocenters. The highest BCUT2D eigenvalue weighted by Crippen LogP contribution is 2.23. The van der Waals surface area contributed by atoms with E-state index in [1.54, 1.807) is 11.3 Å². The van der Waals surface area contributed by atoms with Crippen LogP contribution in [0.4, 0.5) is 0 Å². The normalized spacial score (nSPS) is 13.1. The molecule has 1 aromatic rings. The van der Waals surface area contributed by atoms with Crippen molar-refractivity contribution >= 4 is 34.7 Å². The van der Waals surface area contributed by atoms with E-state index in [9.17, 15) is 0 Å². The lowest BCUT2D eigenvalue weighted by atomic mass is 10.1. The Balaban J connectivity index is 2.07. The van der Waals surface area contributed by atoms with Gasteiger partial charge in [-0.25, -0.2) is 4.98 Å². The second-order valence-corrected chi connectivity index (χ2v) is 5.63. The highest BCUT2D eigenvalue weighted by atomic mass is 35.5. The van der Waals surface area contributed by atoms with Crippen molar-refractivity contribution in [1.29, 1.82) is 0 Å². The van der Waals surface area contributed by atoms with Gasteiger partial charge in [-0.15, -0.1) is 22.9 Å². The van der Waals surface area contributed by atoms with E-state index < -0.39 is 0 Å². The minimum atomic E-state index is 0.741. The van der Waals surface area contributed by atoms with Gasteiger partial charge in [-0.1, -0.05) is 18.7 Å². The van der Waals surface area contributed by atoms with Crippen LogP contribution in [0, 0.1) is 5.92 Å². The molecule has 0 aliphatic carbocycles. The summed E-state index contributed by atoms with van der Waals surface area (Å²) in [7, 11) is 0. The van der Waals surface area contributed by atoms with Crippen LogP contribution in [-0.2, 0) is 0 Å². The van der Waals surface area contributed by atoms with E-state index in [0.29, 0.717) is 0 Å². The van der Waals surface area contributed by atoms with E-state index in [1.165, 1.54) is 10.8 Å². The van der Waals surface area contributed by atoms with E-state index in [4.69, 9.17) is 11.6 Å². The summed E-state index contributed by atoms with van der Waals surface area (Å²) in [6.45, 7) is 2.25. The summed E-state index contributed by atoms with van der Waals surface area (Å²) >= 11 is 9.22. The molecule has 0 saturated heterocycles. The van der Waals surface area contributed by atoms with Crippen LogP contribution in [0.3, 0.4) is 0 Å². The van der Waals surface area contributed by atoms with E-state index in [0.717, 1.165) is 24.0 Å². The molecule has 1 heterocycles. The molecule has 0 aliphatic rings. The van der Waals surface area contributed by atoms with E-state index in [-0.39, 0.29) is 0 Å². The van der Waals surface area contributed by atoms with Crippen molar-refractivity contribution < 1.29 is 0 Å². The predicted octanol–water partition coefficient (Wildman–Crippen LogP) is 3.89. The number of rotatable bonds is 6. The van der Waals surface area contributed by atoms with Crippen molar-refractivity contribution in [2.75, 3.05) is 11.6 Å². The van der Waals surface area contributed by atoms with Crippen molar-refractivity contribution in [2.45, 2.75) is 24.1 Å². The van der Waals surface area contributed by atoms with Gasteiger partial charge in [-0.05, 0) is 18.8 Å². The van der Waals surface area contributed by atoms with Crippen LogP contribution in [0.15, 0.2) is 15.9 Å². The fourth-order valence-corrected chi connectivity index (χ4v) is 3.21. The van der Waals surface area contributed by atoms with Crippen LogP contribution in [0.5, 0.6) is 0 Å². The van der Waals surface area contributed by atoms with Crippen molar-refractivity contribution in [2.24, 2.45) is 5.92 Å². The van der Waals surface area contributed by atoms with Gasteiger partial charge in [0.25, 0.3) is 0 Å². The zero-order valence-corrected chi connectivity index (χ0v) is 10.1. The molecule has 4 heteroatoms. The third-order valence-corrected chi connectivity index (χ3v) is 4.07. The molecule has 0 amide bonds. The summed E-state index contributed by atoms with van der Waals surface area (Å²) in [4.78, 5) is 4.21. The van der Waals surface area contributed by atoms with Gasteiger partial charge in [0, 0.05) is 23.2 Å². The molecule has 1 aromatic heterocycles. The number of nitrogens with zero attached hydrogens (tertiary/aromatic N) is 1. The maximum absolute atomic E-state index is 5.66. The quantitative estimate of drug-likeness (QED) is 0.548. The first-order valence-corrected chi connectivity index (χ1v) is 6.81. The lowest BCUT2D eigenvalue weighted by molar-refractivity contribution is 0.552. The standard InChI is InChI=1S/C9H14ClNS2/c1-8(2-4-10)3-6-12-9-11-5-7-13-9/h5,7-8H,2-4,6H2,1H3. The van der Waals surface area contributed by atoms with Crippen molar-refractivity contribution in [3.05, 3.63) is 11.6 Å². The van der Waals surface area contributed by atoms with Crippen LogP contribution < -0.4 is 0 Å². The second-order valence-electron chi connectivity index (χ2n) is 3.02. The van der Waals surface area contributed by atoms with E-state index >= 15 is 0 Å². The Morgan fingerprint density at radius 2 is 2.46 bits per heavy atom. The summed E-state index contributed by atoms with van der Waals surface area (Å²) in [5.41, 5.74) is 0. The molecule has 13 heavy (non-hydrogen) atoms.